The molecule has 1 unspecified atom stereocenters. The first-order chi connectivity index (χ1) is 16.8. The van der Waals surface area contributed by atoms with E-state index < -0.39 is 5.97 Å². The summed E-state index contributed by atoms with van der Waals surface area (Å²) in [7, 11) is 0. The number of rotatable bonds is 12. The Hall–Kier alpha value is -2.83. The summed E-state index contributed by atoms with van der Waals surface area (Å²) < 4.78 is 5.59. The molecule has 7 heteroatoms. The Bertz CT molecular complexity index is 940. The third-order valence-corrected chi connectivity index (χ3v) is 6.54. The standard InChI is InChI=1S/C28H42N4O3/c1-6-21(15-27(33)34)22-12-13-26(32(18-19(2)3)24-10-8-7-9-11-24)25(14-22)31-23-16-29-28(30-17-23)35-20(4)5/h12-14,16-17,19-21,24,31H,6-11,15,18H2,1-5H3,(H,33,34). The predicted octanol–water partition coefficient (Wildman–Crippen LogP) is 6.77. The molecular formula is C28H42N4O3. The Morgan fingerprint density at radius 3 is 2.40 bits per heavy atom. The monoisotopic (exact) mass is 482 g/mol. The van der Waals surface area contributed by atoms with Gasteiger partial charge in [0.1, 0.15) is 0 Å². The number of aromatic nitrogens is 2. The molecule has 1 aromatic carbocycles. The summed E-state index contributed by atoms with van der Waals surface area (Å²) in [5.74, 6) is -0.280. The van der Waals surface area contributed by atoms with Gasteiger partial charge in [-0.3, -0.25) is 4.79 Å². The minimum atomic E-state index is -0.770. The molecule has 1 atom stereocenters. The van der Waals surface area contributed by atoms with Gasteiger partial charge in [-0.15, -0.1) is 0 Å². The Balaban J connectivity index is 1.99. The lowest BCUT2D eigenvalue weighted by Gasteiger charge is -2.38. The minimum Gasteiger partial charge on any atom is -0.481 e. The number of carboxylic acid groups (broad SMARTS) is 1. The van der Waals surface area contributed by atoms with E-state index in [2.05, 4.69) is 52.2 Å². The summed E-state index contributed by atoms with van der Waals surface area (Å²) in [6, 6.07) is 7.29. The predicted molar refractivity (Wildman–Crippen MR) is 142 cm³/mol. The third kappa shape index (κ3) is 7.84. The second kappa shape index (κ2) is 12.8. The van der Waals surface area contributed by atoms with Crippen LogP contribution in [0.1, 0.15) is 91.0 Å². The summed E-state index contributed by atoms with van der Waals surface area (Å²) in [6.07, 6.45) is 10.6. The lowest BCUT2D eigenvalue weighted by Crippen LogP contribution is -2.39. The number of nitrogens with zero attached hydrogens (tertiary/aromatic N) is 3. The molecule has 7 nitrogen and oxygen atoms in total. The van der Waals surface area contributed by atoms with Crippen LogP contribution in [0.2, 0.25) is 0 Å². The molecule has 2 aromatic rings. The van der Waals surface area contributed by atoms with Crippen LogP contribution >= 0.6 is 0 Å². The van der Waals surface area contributed by atoms with Gasteiger partial charge in [0, 0.05) is 12.6 Å². The van der Waals surface area contributed by atoms with E-state index in [1.54, 1.807) is 12.4 Å². The van der Waals surface area contributed by atoms with Crippen molar-refractivity contribution in [1.82, 2.24) is 9.97 Å². The van der Waals surface area contributed by atoms with Gasteiger partial charge in [-0.25, -0.2) is 9.97 Å². The summed E-state index contributed by atoms with van der Waals surface area (Å²) in [5.41, 5.74) is 3.94. The number of hydrogen-bond acceptors (Lipinski definition) is 6. The van der Waals surface area contributed by atoms with E-state index in [0.717, 1.165) is 35.6 Å². The number of aliphatic carboxylic acids is 1. The quantitative estimate of drug-likeness (QED) is 0.345. The lowest BCUT2D eigenvalue weighted by atomic mass is 9.90. The van der Waals surface area contributed by atoms with E-state index in [9.17, 15) is 9.90 Å². The molecule has 1 aliphatic rings. The molecule has 2 N–H and O–H groups in total. The average molecular weight is 483 g/mol. The van der Waals surface area contributed by atoms with Crippen LogP contribution in [0.3, 0.4) is 0 Å². The average Bonchev–Trinajstić information content (AvgIpc) is 2.82. The maximum absolute atomic E-state index is 11.5. The van der Waals surface area contributed by atoms with Crippen LogP contribution in [0.25, 0.3) is 0 Å². The van der Waals surface area contributed by atoms with Gasteiger partial charge in [0.2, 0.25) is 0 Å². The number of benzene rings is 1. The van der Waals surface area contributed by atoms with Crippen molar-refractivity contribution in [3.8, 4) is 6.01 Å². The molecule has 0 spiro atoms. The first-order valence-electron chi connectivity index (χ1n) is 13.1. The summed E-state index contributed by atoms with van der Waals surface area (Å²) in [5, 5.41) is 13.0. The van der Waals surface area contributed by atoms with Crippen LogP contribution in [-0.2, 0) is 4.79 Å². The first kappa shape index (κ1) is 26.8. The zero-order valence-corrected chi connectivity index (χ0v) is 22.0. The van der Waals surface area contributed by atoms with Crippen LogP contribution in [-0.4, -0.2) is 39.7 Å². The fourth-order valence-electron chi connectivity index (χ4n) is 4.90. The van der Waals surface area contributed by atoms with Crippen molar-refractivity contribution >= 4 is 23.0 Å². The largest absolute Gasteiger partial charge is 0.481 e. The molecule has 1 fully saturated rings. The fraction of sp³-hybridized carbons (Fsp3) is 0.607. The highest BCUT2D eigenvalue weighted by Crippen LogP contribution is 2.37. The first-order valence-corrected chi connectivity index (χ1v) is 13.1. The summed E-state index contributed by atoms with van der Waals surface area (Å²) in [6.45, 7) is 11.4. The maximum Gasteiger partial charge on any atom is 0.316 e. The molecule has 3 rings (SSSR count). The van der Waals surface area contributed by atoms with Crippen LogP contribution in [0.15, 0.2) is 30.6 Å². The molecule has 1 heterocycles. The van der Waals surface area contributed by atoms with Crippen molar-refractivity contribution in [2.75, 3.05) is 16.8 Å². The van der Waals surface area contributed by atoms with E-state index in [0.29, 0.717) is 18.0 Å². The van der Waals surface area contributed by atoms with E-state index in [4.69, 9.17) is 4.74 Å². The number of hydrogen-bond donors (Lipinski definition) is 2. The van der Waals surface area contributed by atoms with Gasteiger partial charge in [-0.2, -0.15) is 0 Å². The smallest absolute Gasteiger partial charge is 0.316 e. The Morgan fingerprint density at radius 2 is 1.83 bits per heavy atom. The highest BCUT2D eigenvalue weighted by Gasteiger charge is 2.25. The molecule has 0 aliphatic heterocycles. The van der Waals surface area contributed by atoms with Crippen molar-refractivity contribution < 1.29 is 14.6 Å². The molecule has 192 valence electrons. The van der Waals surface area contributed by atoms with Crippen molar-refractivity contribution in [3.63, 3.8) is 0 Å². The van der Waals surface area contributed by atoms with E-state index >= 15 is 0 Å². The minimum absolute atomic E-state index is 0.0115. The van der Waals surface area contributed by atoms with Gasteiger partial charge >= 0.3 is 12.0 Å². The highest BCUT2D eigenvalue weighted by molar-refractivity contribution is 5.77. The van der Waals surface area contributed by atoms with Crippen molar-refractivity contribution in [3.05, 3.63) is 36.2 Å². The summed E-state index contributed by atoms with van der Waals surface area (Å²) in [4.78, 5) is 22.7. The second-order valence-corrected chi connectivity index (χ2v) is 10.4. The number of anilines is 3. The Labute approximate surface area is 210 Å². The number of nitrogens with one attached hydrogen (secondary N) is 1. The van der Waals surface area contributed by atoms with Gasteiger partial charge in [0.15, 0.2) is 0 Å². The number of carboxylic acids is 1. The van der Waals surface area contributed by atoms with Gasteiger partial charge in [0.25, 0.3) is 0 Å². The Kier molecular flexibility index (Phi) is 9.75. The molecule has 0 radical (unpaired) electrons. The van der Waals surface area contributed by atoms with Crippen LogP contribution in [0, 0.1) is 5.92 Å². The van der Waals surface area contributed by atoms with Gasteiger partial charge < -0.3 is 20.1 Å². The molecule has 1 saturated carbocycles. The van der Waals surface area contributed by atoms with Crippen molar-refractivity contribution in [1.29, 1.82) is 0 Å². The lowest BCUT2D eigenvalue weighted by molar-refractivity contribution is -0.137. The maximum atomic E-state index is 11.5. The van der Waals surface area contributed by atoms with Gasteiger partial charge in [0.05, 0.1) is 42.0 Å². The zero-order chi connectivity index (χ0) is 25.4. The molecular weight excluding hydrogens is 440 g/mol. The van der Waals surface area contributed by atoms with Crippen molar-refractivity contribution in [2.24, 2.45) is 5.92 Å². The molecule has 1 aliphatic carbocycles. The molecule has 0 saturated heterocycles. The normalized spacial score (nSPS) is 15.3. The Morgan fingerprint density at radius 1 is 1.14 bits per heavy atom. The van der Waals surface area contributed by atoms with Crippen LogP contribution < -0.4 is 15.0 Å². The molecule has 0 bridgehead atoms. The molecule has 1 aromatic heterocycles. The number of ether oxygens (including phenoxy) is 1. The number of carbonyl (C=O) groups is 1. The molecule has 0 amide bonds. The third-order valence-electron chi connectivity index (χ3n) is 6.54. The van der Waals surface area contributed by atoms with Gasteiger partial charge in [-0.05, 0) is 62.6 Å². The fourth-order valence-corrected chi connectivity index (χ4v) is 4.90. The van der Waals surface area contributed by atoms with E-state index in [1.807, 2.05) is 20.8 Å². The zero-order valence-electron chi connectivity index (χ0n) is 22.0. The van der Waals surface area contributed by atoms with Crippen LogP contribution in [0.5, 0.6) is 6.01 Å². The van der Waals surface area contributed by atoms with Crippen LogP contribution in [0.4, 0.5) is 17.1 Å². The van der Waals surface area contributed by atoms with E-state index in [-0.39, 0.29) is 18.4 Å². The SMILES string of the molecule is CCC(CC(=O)O)c1ccc(N(CC(C)C)C2CCCCC2)c(Nc2cnc(OC(C)C)nc2)c1. The topological polar surface area (TPSA) is 87.6 Å². The van der Waals surface area contributed by atoms with Gasteiger partial charge in [-0.1, -0.05) is 46.1 Å². The second-order valence-electron chi connectivity index (χ2n) is 10.4. The highest BCUT2D eigenvalue weighted by atomic mass is 16.5. The van der Waals surface area contributed by atoms with Crippen molar-refractivity contribution in [2.45, 2.75) is 97.6 Å². The molecule has 35 heavy (non-hydrogen) atoms. The van der Waals surface area contributed by atoms with E-state index in [1.165, 1.54) is 32.1 Å². The summed E-state index contributed by atoms with van der Waals surface area (Å²) >= 11 is 0.